The molecule has 1 fully saturated rings. The summed E-state index contributed by atoms with van der Waals surface area (Å²) in [6.45, 7) is 16.8. The Balaban J connectivity index is 2.21. The van der Waals surface area contributed by atoms with E-state index < -0.39 is 0 Å². The molecule has 0 aromatic heterocycles. The Morgan fingerprint density at radius 1 is 1.30 bits per heavy atom. The zero-order valence-electron chi connectivity index (χ0n) is 14.3. The lowest BCUT2D eigenvalue weighted by Gasteiger charge is -2.43. The molecule has 3 atom stereocenters. The van der Waals surface area contributed by atoms with Gasteiger partial charge in [0.2, 0.25) is 0 Å². The standard InChI is InChI=1S/C17H36N2O/c1-6-9-18-17-8-11-19(16(5)15(17)4)10-7-12-20-13-14(2)3/h14-18H,6-13H2,1-5H3. The molecule has 0 bridgehead atoms. The maximum atomic E-state index is 5.68. The van der Waals surface area contributed by atoms with Crippen LogP contribution in [0.2, 0.25) is 0 Å². The summed E-state index contributed by atoms with van der Waals surface area (Å²) in [5, 5.41) is 3.71. The SMILES string of the molecule is CCCNC1CCN(CCCOCC(C)C)C(C)C1C. The summed E-state index contributed by atoms with van der Waals surface area (Å²) < 4.78 is 5.68. The van der Waals surface area contributed by atoms with Gasteiger partial charge in [0.15, 0.2) is 0 Å². The second-order valence-corrected chi connectivity index (χ2v) is 6.81. The lowest BCUT2D eigenvalue weighted by atomic mass is 9.87. The lowest BCUT2D eigenvalue weighted by molar-refractivity contribution is 0.0617. The van der Waals surface area contributed by atoms with Crippen LogP contribution in [0.25, 0.3) is 0 Å². The molecule has 0 saturated carbocycles. The fourth-order valence-corrected chi connectivity index (χ4v) is 3.06. The van der Waals surface area contributed by atoms with Gasteiger partial charge in [-0.15, -0.1) is 0 Å². The first-order chi connectivity index (χ1) is 9.56. The van der Waals surface area contributed by atoms with E-state index in [0.717, 1.165) is 32.1 Å². The highest BCUT2D eigenvalue weighted by atomic mass is 16.5. The fraction of sp³-hybridized carbons (Fsp3) is 1.00. The second-order valence-electron chi connectivity index (χ2n) is 6.81. The Kier molecular flexibility index (Phi) is 8.74. The molecule has 0 aromatic rings. The number of ether oxygens (including phenoxy) is 1. The van der Waals surface area contributed by atoms with E-state index in [9.17, 15) is 0 Å². The molecule has 0 radical (unpaired) electrons. The lowest BCUT2D eigenvalue weighted by Crippen LogP contribution is -2.53. The summed E-state index contributed by atoms with van der Waals surface area (Å²) in [4.78, 5) is 2.65. The van der Waals surface area contributed by atoms with Crippen molar-refractivity contribution in [2.24, 2.45) is 11.8 Å². The van der Waals surface area contributed by atoms with Crippen molar-refractivity contribution in [3.8, 4) is 0 Å². The van der Waals surface area contributed by atoms with Crippen LogP contribution in [0.1, 0.15) is 53.9 Å². The highest BCUT2D eigenvalue weighted by Gasteiger charge is 2.31. The molecule has 0 aromatic carbocycles. The van der Waals surface area contributed by atoms with Crippen LogP contribution >= 0.6 is 0 Å². The van der Waals surface area contributed by atoms with Crippen LogP contribution in [0.3, 0.4) is 0 Å². The van der Waals surface area contributed by atoms with Crippen molar-refractivity contribution in [3.63, 3.8) is 0 Å². The molecule has 1 rings (SSSR count). The van der Waals surface area contributed by atoms with E-state index in [1.54, 1.807) is 0 Å². The smallest absolute Gasteiger partial charge is 0.0489 e. The van der Waals surface area contributed by atoms with E-state index >= 15 is 0 Å². The van der Waals surface area contributed by atoms with Gasteiger partial charge < -0.3 is 15.0 Å². The largest absolute Gasteiger partial charge is 0.381 e. The summed E-state index contributed by atoms with van der Waals surface area (Å²) >= 11 is 0. The molecule has 120 valence electrons. The molecule has 0 aliphatic carbocycles. The number of hydrogen-bond donors (Lipinski definition) is 1. The van der Waals surface area contributed by atoms with Gasteiger partial charge >= 0.3 is 0 Å². The minimum Gasteiger partial charge on any atom is -0.381 e. The third-order valence-corrected chi connectivity index (χ3v) is 4.54. The zero-order chi connectivity index (χ0) is 15.0. The molecule has 1 N–H and O–H groups in total. The molecule has 3 heteroatoms. The van der Waals surface area contributed by atoms with Gasteiger partial charge in [-0.25, -0.2) is 0 Å². The molecule has 3 unspecified atom stereocenters. The van der Waals surface area contributed by atoms with Gasteiger partial charge in [-0.3, -0.25) is 0 Å². The van der Waals surface area contributed by atoms with Gasteiger partial charge in [0, 0.05) is 31.8 Å². The molecular weight excluding hydrogens is 248 g/mol. The van der Waals surface area contributed by atoms with E-state index in [1.807, 2.05) is 0 Å². The first-order valence-electron chi connectivity index (χ1n) is 8.61. The molecule has 0 amide bonds. The number of piperidine rings is 1. The van der Waals surface area contributed by atoms with E-state index in [1.165, 1.54) is 25.9 Å². The maximum absolute atomic E-state index is 5.68. The number of hydrogen-bond acceptors (Lipinski definition) is 3. The van der Waals surface area contributed by atoms with Crippen LogP contribution in [0.4, 0.5) is 0 Å². The quantitative estimate of drug-likeness (QED) is 0.658. The molecule has 0 spiro atoms. The van der Waals surface area contributed by atoms with E-state index in [-0.39, 0.29) is 0 Å². The Morgan fingerprint density at radius 2 is 2.05 bits per heavy atom. The second kappa shape index (κ2) is 9.75. The van der Waals surface area contributed by atoms with Crippen molar-refractivity contribution in [1.82, 2.24) is 10.2 Å². The number of rotatable bonds is 9. The third kappa shape index (κ3) is 6.11. The Labute approximate surface area is 126 Å². The van der Waals surface area contributed by atoms with Crippen molar-refractivity contribution in [3.05, 3.63) is 0 Å². The predicted octanol–water partition coefficient (Wildman–Crippen LogP) is 3.15. The first kappa shape index (κ1) is 17.9. The molecule has 1 heterocycles. The van der Waals surface area contributed by atoms with Gasteiger partial charge in [-0.1, -0.05) is 27.7 Å². The number of likely N-dealkylation sites (tertiary alicyclic amines) is 1. The first-order valence-corrected chi connectivity index (χ1v) is 8.61. The molecule has 1 saturated heterocycles. The summed E-state index contributed by atoms with van der Waals surface area (Å²) in [5.74, 6) is 1.39. The number of nitrogens with one attached hydrogen (secondary N) is 1. The Morgan fingerprint density at radius 3 is 2.70 bits per heavy atom. The van der Waals surface area contributed by atoms with Crippen LogP contribution in [0, 0.1) is 11.8 Å². The fourth-order valence-electron chi connectivity index (χ4n) is 3.06. The van der Waals surface area contributed by atoms with Crippen LogP contribution in [-0.2, 0) is 4.74 Å². The van der Waals surface area contributed by atoms with Crippen molar-refractivity contribution in [2.45, 2.75) is 66.0 Å². The highest BCUT2D eigenvalue weighted by molar-refractivity contribution is 4.88. The van der Waals surface area contributed by atoms with E-state index in [0.29, 0.717) is 18.0 Å². The molecule has 3 nitrogen and oxygen atoms in total. The summed E-state index contributed by atoms with van der Waals surface area (Å²) in [6, 6.07) is 1.39. The topological polar surface area (TPSA) is 24.5 Å². The predicted molar refractivity (Wildman–Crippen MR) is 87.2 cm³/mol. The summed E-state index contributed by atoms with van der Waals surface area (Å²) in [6.07, 6.45) is 3.68. The van der Waals surface area contributed by atoms with Crippen molar-refractivity contribution in [2.75, 3.05) is 32.8 Å². The van der Waals surface area contributed by atoms with Crippen molar-refractivity contribution in [1.29, 1.82) is 0 Å². The number of nitrogens with zero attached hydrogens (tertiary/aromatic N) is 1. The average Bonchev–Trinajstić information content (AvgIpc) is 2.41. The molecule has 20 heavy (non-hydrogen) atoms. The van der Waals surface area contributed by atoms with E-state index in [4.69, 9.17) is 4.74 Å². The maximum Gasteiger partial charge on any atom is 0.0489 e. The Hall–Kier alpha value is -0.120. The van der Waals surface area contributed by atoms with Gasteiger partial charge in [0.25, 0.3) is 0 Å². The Bertz CT molecular complexity index is 245. The molecular formula is C17H36N2O. The van der Waals surface area contributed by atoms with Crippen LogP contribution in [-0.4, -0.2) is 49.8 Å². The van der Waals surface area contributed by atoms with Gasteiger partial charge in [0.05, 0.1) is 0 Å². The average molecular weight is 284 g/mol. The summed E-state index contributed by atoms with van der Waals surface area (Å²) in [7, 11) is 0. The van der Waals surface area contributed by atoms with Crippen LogP contribution in [0.5, 0.6) is 0 Å². The minimum atomic E-state index is 0.648. The van der Waals surface area contributed by atoms with Crippen molar-refractivity contribution < 1.29 is 4.74 Å². The van der Waals surface area contributed by atoms with E-state index in [2.05, 4.69) is 44.8 Å². The van der Waals surface area contributed by atoms with Gasteiger partial charge in [-0.2, -0.15) is 0 Å². The van der Waals surface area contributed by atoms with Gasteiger partial charge in [0.1, 0.15) is 0 Å². The monoisotopic (exact) mass is 284 g/mol. The van der Waals surface area contributed by atoms with Gasteiger partial charge in [-0.05, 0) is 51.1 Å². The minimum absolute atomic E-state index is 0.648. The van der Waals surface area contributed by atoms with Crippen LogP contribution in [0.15, 0.2) is 0 Å². The normalized spacial score (nSPS) is 28.2. The zero-order valence-corrected chi connectivity index (χ0v) is 14.3. The summed E-state index contributed by atoms with van der Waals surface area (Å²) in [5.41, 5.74) is 0. The van der Waals surface area contributed by atoms with Crippen LogP contribution < -0.4 is 5.32 Å². The highest BCUT2D eigenvalue weighted by Crippen LogP contribution is 2.23. The third-order valence-electron chi connectivity index (χ3n) is 4.54. The van der Waals surface area contributed by atoms with Crippen molar-refractivity contribution >= 4 is 0 Å². The molecule has 1 aliphatic heterocycles. The molecule has 1 aliphatic rings.